The Hall–Kier alpha value is -2.61. The Morgan fingerprint density at radius 3 is 2.13 bits per heavy atom. The second-order valence-corrected chi connectivity index (χ2v) is 6.20. The molecule has 0 amide bonds. The van der Waals surface area contributed by atoms with Gasteiger partial charge in [0.1, 0.15) is 0 Å². The highest BCUT2D eigenvalue weighted by Crippen LogP contribution is 2.27. The molecule has 0 aliphatic heterocycles. The molecule has 0 aliphatic rings. The summed E-state index contributed by atoms with van der Waals surface area (Å²) in [5, 5.41) is 0. The lowest BCUT2D eigenvalue weighted by Gasteiger charge is -2.13. The summed E-state index contributed by atoms with van der Waals surface area (Å²) in [6.45, 7) is 4.24. The van der Waals surface area contributed by atoms with Crippen molar-refractivity contribution in [3.05, 3.63) is 71.9 Å². The molecular weight excluding hydrogens is 280 g/mol. The van der Waals surface area contributed by atoms with Crippen LogP contribution in [0.1, 0.15) is 11.1 Å². The highest BCUT2D eigenvalue weighted by molar-refractivity contribution is 5.71. The second kappa shape index (κ2) is 6.25. The van der Waals surface area contributed by atoms with Crippen LogP contribution in [0.15, 0.2) is 60.8 Å². The summed E-state index contributed by atoms with van der Waals surface area (Å²) < 4.78 is 0. The van der Waals surface area contributed by atoms with E-state index in [1.54, 1.807) is 0 Å². The van der Waals surface area contributed by atoms with Crippen molar-refractivity contribution in [2.24, 2.45) is 0 Å². The van der Waals surface area contributed by atoms with Gasteiger partial charge in [0, 0.05) is 37.1 Å². The largest absolute Gasteiger partial charge is 0.378 e. The van der Waals surface area contributed by atoms with E-state index in [1.807, 2.05) is 6.20 Å². The number of hydrogen-bond acceptors (Lipinski definition) is 2. The second-order valence-electron chi connectivity index (χ2n) is 6.20. The van der Waals surface area contributed by atoms with Crippen LogP contribution in [0.4, 0.5) is 5.69 Å². The maximum atomic E-state index is 4.71. The van der Waals surface area contributed by atoms with Gasteiger partial charge in [0.2, 0.25) is 0 Å². The zero-order valence-corrected chi connectivity index (χ0v) is 14.2. The first kappa shape index (κ1) is 15.3. The molecule has 2 heteroatoms. The van der Waals surface area contributed by atoms with Gasteiger partial charge in [-0.1, -0.05) is 35.9 Å². The van der Waals surface area contributed by atoms with Crippen molar-refractivity contribution >= 4 is 5.69 Å². The van der Waals surface area contributed by atoms with Gasteiger partial charge in [-0.25, -0.2) is 0 Å². The molecule has 2 nitrogen and oxygen atoms in total. The minimum Gasteiger partial charge on any atom is -0.378 e. The molecule has 0 saturated carbocycles. The Labute approximate surface area is 138 Å². The lowest BCUT2D eigenvalue weighted by Crippen LogP contribution is -2.07. The molecule has 0 aliphatic carbocycles. The van der Waals surface area contributed by atoms with Crippen LogP contribution in [-0.4, -0.2) is 19.1 Å². The molecule has 0 fully saturated rings. The Balaban J connectivity index is 1.96. The Kier molecular flexibility index (Phi) is 4.16. The average Bonchev–Trinajstić information content (AvgIpc) is 2.55. The smallest absolute Gasteiger partial charge is 0.0731 e. The van der Waals surface area contributed by atoms with Crippen LogP contribution in [0.25, 0.3) is 22.4 Å². The van der Waals surface area contributed by atoms with Crippen molar-refractivity contribution in [1.82, 2.24) is 4.98 Å². The number of nitrogens with zero attached hydrogens (tertiary/aromatic N) is 2. The van der Waals surface area contributed by atoms with Crippen LogP contribution in [0.3, 0.4) is 0 Å². The Morgan fingerprint density at radius 1 is 0.783 bits per heavy atom. The minimum atomic E-state index is 1.06. The minimum absolute atomic E-state index is 1.06. The zero-order valence-electron chi connectivity index (χ0n) is 14.2. The van der Waals surface area contributed by atoms with Crippen LogP contribution in [0.5, 0.6) is 0 Å². The van der Waals surface area contributed by atoms with E-state index >= 15 is 0 Å². The maximum Gasteiger partial charge on any atom is 0.0731 e. The molecule has 0 spiro atoms. The Bertz CT molecular complexity index is 818. The highest BCUT2D eigenvalue weighted by Gasteiger charge is 2.07. The number of benzene rings is 2. The van der Waals surface area contributed by atoms with Crippen LogP contribution < -0.4 is 4.90 Å². The third-order valence-corrected chi connectivity index (χ3v) is 4.09. The molecule has 0 atom stereocenters. The molecule has 116 valence electrons. The fourth-order valence-electron chi connectivity index (χ4n) is 2.78. The van der Waals surface area contributed by atoms with Gasteiger partial charge in [-0.2, -0.15) is 0 Å². The van der Waals surface area contributed by atoms with Gasteiger partial charge in [-0.15, -0.1) is 0 Å². The summed E-state index contributed by atoms with van der Waals surface area (Å²) in [5.74, 6) is 0. The summed E-state index contributed by atoms with van der Waals surface area (Å²) in [7, 11) is 4.11. The van der Waals surface area contributed by atoms with Gasteiger partial charge in [-0.05, 0) is 49.2 Å². The predicted molar refractivity (Wildman–Crippen MR) is 98.9 cm³/mol. The summed E-state index contributed by atoms with van der Waals surface area (Å²) >= 11 is 0. The number of pyridine rings is 1. The third kappa shape index (κ3) is 3.26. The molecule has 2 aromatic carbocycles. The summed E-state index contributed by atoms with van der Waals surface area (Å²) in [6, 6.07) is 19.3. The number of aryl methyl sites for hydroxylation is 2. The standard InChI is InChI=1S/C21H22N2/c1-15-6-5-7-18(12-15)21-16(2)13-19(14-22-21)17-8-10-20(11-9-17)23(3)4/h5-14H,1-4H3. The molecule has 0 unspecified atom stereocenters. The first-order valence-electron chi connectivity index (χ1n) is 7.86. The number of aromatic nitrogens is 1. The van der Waals surface area contributed by atoms with Gasteiger partial charge in [0.25, 0.3) is 0 Å². The van der Waals surface area contributed by atoms with E-state index in [4.69, 9.17) is 4.98 Å². The van der Waals surface area contributed by atoms with Crippen LogP contribution in [-0.2, 0) is 0 Å². The van der Waals surface area contributed by atoms with E-state index in [-0.39, 0.29) is 0 Å². The average molecular weight is 302 g/mol. The van der Waals surface area contributed by atoms with Crippen molar-refractivity contribution in [2.75, 3.05) is 19.0 Å². The van der Waals surface area contributed by atoms with E-state index in [9.17, 15) is 0 Å². The summed E-state index contributed by atoms with van der Waals surface area (Å²) in [4.78, 5) is 6.82. The lowest BCUT2D eigenvalue weighted by molar-refractivity contribution is 1.13. The Morgan fingerprint density at radius 2 is 1.52 bits per heavy atom. The molecule has 0 saturated heterocycles. The highest BCUT2D eigenvalue weighted by atomic mass is 15.1. The molecule has 0 N–H and O–H groups in total. The van der Waals surface area contributed by atoms with Gasteiger partial charge in [0.05, 0.1) is 5.69 Å². The van der Waals surface area contributed by atoms with Crippen molar-refractivity contribution in [2.45, 2.75) is 13.8 Å². The first-order valence-corrected chi connectivity index (χ1v) is 7.86. The molecule has 3 aromatic rings. The van der Waals surface area contributed by atoms with Crippen LogP contribution in [0, 0.1) is 13.8 Å². The number of anilines is 1. The fourth-order valence-corrected chi connectivity index (χ4v) is 2.78. The molecule has 1 heterocycles. The number of hydrogen-bond donors (Lipinski definition) is 0. The van der Waals surface area contributed by atoms with Crippen LogP contribution >= 0.6 is 0 Å². The topological polar surface area (TPSA) is 16.1 Å². The van der Waals surface area contributed by atoms with Crippen molar-refractivity contribution in [3.8, 4) is 22.4 Å². The zero-order chi connectivity index (χ0) is 16.4. The van der Waals surface area contributed by atoms with Gasteiger partial charge < -0.3 is 4.90 Å². The SMILES string of the molecule is Cc1cccc(-c2ncc(-c3ccc(N(C)C)cc3)cc2C)c1. The molecular formula is C21H22N2. The van der Waals surface area contributed by atoms with E-state index in [2.05, 4.69) is 87.4 Å². The van der Waals surface area contributed by atoms with Crippen molar-refractivity contribution < 1.29 is 0 Å². The molecule has 0 radical (unpaired) electrons. The molecule has 3 rings (SSSR count). The van der Waals surface area contributed by atoms with E-state index in [0.29, 0.717) is 0 Å². The molecule has 1 aromatic heterocycles. The maximum absolute atomic E-state index is 4.71. The number of rotatable bonds is 3. The first-order chi connectivity index (χ1) is 11.0. The molecule has 0 bridgehead atoms. The summed E-state index contributed by atoms with van der Waals surface area (Å²) in [6.07, 6.45) is 1.97. The fraction of sp³-hybridized carbons (Fsp3) is 0.190. The predicted octanol–water partition coefficient (Wildman–Crippen LogP) is 5.10. The molecule has 23 heavy (non-hydrogen) atoms. The van der Waals surface area contributed by atoms with E-state index in [1.165, 1.54) is 27.9 Å². The van der Waals surface area contributed by atoms with Gasteiger partial charge in [0.15, 0.2) is 0 Å². The summed E-state index contributed by atoms with van der Waals surface area (Å²) in [5.41, 5.74) is 8.25. The third-order valence-electron chi connectivity index (χ3n) is 4.09. The van der Waals surface area contributed by atoms with Crippen molar-refractivity contribution in [3.63, 3.8) is 0 Å². The monoisotopic (exact) mass is 302 g/mol. The lowest BCUT2D eigenvalue weighted by atomic mass is 10.0. The van der Waals surface area contributed by atoms with Gasteiger partial charge in [-0.3, -0.25) is 4.98 Å². The van der Waals surface area contributed by atoms with Gasteiger partial charge >= 0.3 is 0 Å². The van der Waals surface area contributed by atoms with E-state index < -0.39 is 0 Å². The quantitative estimate of drug-likeness (QED) is 0.669. The van der Waals surface area contributed by atoms with E-state index in [0.717, 1.165) is 11.3 Å². The van der Waals surface area contributed by atoms with Crippen molar-refractivity contribution in [1.29, 1.82) is 0 Å². The van der Waals surface area contributed by atoms with Crippen LogP contribution in [0.2, 0.25) is 0 Å². The normalized spacial score (nSPS) is 10.6.